The lowest BCUT2D eigenvalue weighted by Crippen LogP contribution is -2.39. The molecule has 1 aliphatic heterocycles. The zero-order valence-corrected chi connectivity index (χ0v) is 13.7. The van der Waals surface area contributed by atoms with Crippen LogP contribution in [0.25, 0.3) is 0 Å². The van der Waals surface area contributed by atoms with Crippen LogP contribution >= 0.6 is 0 Å². The number of aliphatic imine (C=N–C) groups is 1. The first-order valence-electron chi connectivity index (χ1n) is 8.06. The van der Waals surface area contributed by atoms with Crippen LogP contribution in [0, 0.1) is 0 Å². The van der Waals surface area contributed by atoms with Gasteiger partial charge in [0.15, 0.2) is 11.7 Å². The molecular formula is C18H22N4O2. The SMILES string of the molecule is CN=C(NCc1ccc(C(N)=O)o1)N1CCC(c2ccccc2)C1. The lowest BCUT2D eigenvalue weighted by molar-refractivity contribution is 0.0972. The van der Waals surface area contributed by atoms with Crippen LogP contribution in [0.15, 0.2) is 51.9 Å². The van der Waals surface area contributed by atoms with Crippen LogP contribution in [0.4, 0.5) is 0 Å². The third-order valence-corrected chi connectivity index (χ3v) is 4.30. The van der Waals surface area contributed by atoms with Crippen molar-refractivity contribution < 1.29 is 9.21 Å². The molecule has 3 rings (SSSR count). The van der Waals surface area contributed by atoms with Gasteiger partial charge in [-0.15, -0.1) is 0 Å². The van der Waals surface area contributed by atoms with E-state index in [1.807, 2.05) is 6.07 Å². The highest BCUT2D eigenvalue weighted by Crippen LogP contribution is 2.26. The van der Waals surface area contributed by atoms with Crippen LogP contribution in [-0.4, -0.2) is 36.9 Å². The second-order valence-corrected chi connectivity index (χ2v) is 5.87. The molecule has 1 saturated heterocycles. The van der Waals surface area contributed by atoms with E-state index in [0.717, 1.165) is 25.5 Å². The number of hydrogen-bond donors (Lipinski definition) is 2. The van der Waals surface area contributed by atoms with Gasteiger partial charge in [-0.05, 0) is 24.1 Å². The summed E-state index contributed by atoms with van der Waals surface area (Å²) in [5.74, 6) is 1.63. The van der Waals surface area contributed by atoms with E-state index in [4.69, 9.17) is 10.2 Å². The minimum atomic E-state index is -0.559. The Morgan fingerprint density at radius 2 is 2.12 bits per heavy atom. The van der Waals surface area contributed by atoms with Crippen LogP contribution in [0.1, 0.15) is 34.2 Å². The minimum absolute atomic E-state index is 0.173. The van der Waals surface area contributed by atoms with E-state index in [1.54, 1.807) is 19.2 Å². The summed E-state index contributed by atoms with van der Waals surface area (Å²) in [4.78, 5) is 17.7. The van der Waals surface area contributed by atoms with E-state index in [0.29, 0.717) is 18.2 Å². The molecule has 1 aromatic carbocycles. The van der Waals surface area contributed by atoms with Crippen LogP contribution in [-0.2, 0) is 6.54 Å². The fraction of sp³-hybridized carbons (Fsp3) is 0.333. The molecule has 2 heterocycles. The number of carbonyl (C=O) groups is 1. The highest BCUT2D eigenvalue weighted by molar-refractivity contribution is 5.89. The molecule has 1 atom stereocenters. The van der Waals surface area contributed by atoms with Crippen molar-refractivity contribution in [1.29, 1.82) is 0 Å². The maximum absolute atomic E-state index is 11.1. The van der Waals surface area contributed by atoms with Gasteiger partial charge in [0.25, 0.3) is 5.91 Å². The number of hydrogen-bond acceptors (Lipinski definition) is 3. The van der Waals surface area contributed by atoms with Gasteiger partial charge in [-0.1, -0.05) is 30.3 Å². The van der Waals surface area contributed by atoms with E-state index in [1.165, 1.54) is 5.56 Å². The molecule has 1 amide bonds. The van der Waals surface area contributed by atoms with Crippen molar-refractivity contribution in [1.82, 2.24) is 10.2 Å². The second kappa shape index (κ2) is 7.21. The van der Waals surface area contributed by atoms with Gasteiger partial charge in [-0.3, -0.25) is 9.79 Å². The zero-order chi connectivity index (χ0) is 16.9. The first kappa shape index (κ1) is 16.1. The number of amides is 1. The summed E-state index contributed by atoms with van der Waals surface area (Å²) in [6, 6.07) is 13.9. The Balaban J connectivity index is 1.58. The lowest BCUT2D eigenvalue weighted by atomic mass is 9.99. The summed E-state index contributed by atoms with van der Waals surface area (Å²) >= 11 is 0. The quantitative estimate of drug-likeness (QED) is 0.664. The molecule has 6 nitrogen and oxygen atoms in total. The Morgan fingerprint density at radius 3 is 2.79 bits per heavy atom. The van der Waals surface area contributed by atoms with Crippen molar-refractivity contribution in [3.8, 4) is 0 Å². The number of nitrogens with zero attached hydrogens (tertiary/aromatic N) is 2. The molecule has 1 fully saturated rings. The van der Waals surface area contributed by atoms with Gasteiger partial charge >= 0.3 is 0 Å². The van der Waals surface area contributed by atoms with Crippen LogP contribution in [0.2, 0.25) is 0 Å². The smallest absolute Gasteiger partial charge is 0.284 e. The monoisotopic (exact) mass is 326 g/mol. The predicted octanol–water partition coefficient (Wildman–Crippen LogP) is 1.94. The van der Waals surface area contributed by atoms with Gasteiger partial charge in [0.1, 0.15) is 5.76 Å². The zero-order valence-electron chi connectivity index (χ0n) is 13.7. The number of nitrogens with one attached hydrogen (secondary N) is 1. The lowest BCUT2D eigenvalue weighted by Gasteiger charge is -2.21. The molecule has 6 heteroatoms. The van der Waals surface area contributed by atoms with E-state index in [-0.39, 0.29) is 5.76 Å². The Morgan fingerprint density at radius 1 is 1.33 bits per heavy atom. The van der Waals surface area contributed by atoms with Crippen LogP contribution in [0.5, 0.6) is 0 Å². The van der Waals surface area contributed by atoms with E-state index in [9.17, 15) is 4.79 Å². The standard InChI is InChI=1S/C18H22N4O2/c1-20-18(21-11-15-7-8-16(24-15)17(19)23)22-10-9-14(12-22)13-5-3-2-4-6-13/h2-8,14H,9-12H2,1H3,(H2,19,23)(H,20,21). The number of likely N-dealkylation sites (tertiary alicyclic amines) is 1. The number of furan rings is 1. The molecule has 1 aromatic heterocycles. The molecule has 0 aliphatic carbocycles. The average molecular weight is 326 g/mol. The molecule has 0 saturated carbocycles. The molecule has 0 radical (unpaired) electrons. The van der Waals surface area contributed by atoms with Crippen molar-refractivity contribution in [3.63, 3.8) is 0 Å². The van der Waals surface area contributed by atoms with Crippen molar-refractivity contribution >= 4 is 11.9 Å². The van der Waals surface area contributed by atoms with E-state index < -0.39 is 5.91 Å². The highest BCUT2D eigenvalue weighted by atomic mass is 16.3. The molecule has 24 heavy (non-hydrogen) atoms. The topological polar surface area (TPSA) is 83.9 Å². The summed E-state index contributed by atoms with van der Waals surface area (Å²) in [6.45, 7) is 2.37. The van der Waals surface area contributed by atoms with Gasteiger partial charge in [0, 0.05) is 26.1 Å². The van der Waals surface area contributed by atoms with E-state index in [2.05, 4.69) is 39.5 Å². The highest BCUT2D eigenvalue weighted by Gasteiger charge is 2.25. The third kappa shape index (κ3) is 3.59. The predicted molar refractivity (Wildman–Crippen MR) is 92.8 cm³/mol. The number of rotatable bonds is 4. The van der Waals surface area contributed by atoms with Gasteiger partial charge < -0.3 is 20.4 Å². The Hall–Kier alpha value is -2.76. The molecular weight excluding hydrogens is 304 g/mol. The Kier molecular flexibility index (Phi) is 4.84. The molecule has 3 N–H and O–H groups in total. The third-order valence-electron chi connectivity index (χ3n) is 4.30. The fourth-order valence-corrected chi connectivity index (χ4v) is 3.05. The van der Waals surface area contributed by atoms with Crippen LogP contribution in [0.3, 0.4) is 0 Å². The van der Waals surface area contributed by atoms with Gasteiger partial charge in [0.2, 0.25) is 0 Å². The van der Waals surface area contributed by atoms with Crippen molar-refractivity contribution in [2.75, 3.05) is 20.1 Å². The fourth-order valence-electron chi connectivity index (χ4n) is 3.05. The average Bonchev–Trinajstić information content (AvgIpc) is 3.26. The van der Waals surface area contributed by atoms with Gasteiger partial charge in [-0.25, -0.2) is 0 Å². The number of guanidine groups is 1. The Bertz CT molecular complexity index is 724. The van der Waals surface area contributed by atoms with Crippen molar-refractivity contribution in [2.45, 2.75) is 18.9 Å². The molecule has 1 aliphatic rings. The van der Waals surface area contributed by atoms with Crippen molar-refractivity contribution in [3.05, 3.63) is 59.5 Å². The van der Waals surface area contributed by atoms with E-state index >= 15 is 0 Å². The van der Waals surface area contributed by atoms with Gasteiger partial charge in [0.05, 0.1) is 6.54 Å². The molecule has 0 spiro atoms. The number of benzene rings is 1. The summed E-state index contributed by atoms with van der Waals surface area (Å²) in [6.07, 6.45) is 1.11. The first-order chi connectivity index (χ1) is 11.7. The van der Waals surface area contributed by atoms with Gasteiger partial charge in [-0.2, -0.15) is 0 Å². The van der Waals surface area contributed by atoms with Crippen molar-refractivity contribution in [2.24, 2.45) is 10.7 Å². The molecule has 1 unspecified atom stereocenters. The molecule has 0 bridgehead atoms. The summed E-state index contributed by atoms with van der Waals surface area (Å²) in [5, 5.41) is 3.28. The molecule has 2 aromatic rings. The second-order valence-electron chi connectivity index (χ2n) is 5.87. The Labute approximate surface area is 141 Å². The number of carbonyl (C=O) groups excluding carboxylic acids is 1. The maximum Gasteiger partial charge on any atom is 0.284 e. The first-order valence-corrected chi connectivity index (χ1v) is 8.06. The summed E-state index contributed by atoms with van der Waals surface area (Å²) < 4.78 is 5.38. The summed E-state index contributed by atoms with van der Waals surface area (Å²) in [5.41, 5.74) is 6.56. The normalized spacial score (nSPS) is 18.0. The number of nitrogens with two attached hydrogens (primary N) is 1. The number of primary amides is 1. The largest absolute Gasteiger partial charge is 0.454 e. The maximum atomic E-state index is 11.1. The summed E-state index contributed by atoms with van der Waals surface area (Å²) in [7, 11) is 1.77. The molecule has 126 valence electrons. The van der Waals surface area contributed by atoms with Crippen LogP contribution < -0.4 is 11.1 Å². The minimum Gasteiger partial charge on any atom is -0.454 e.